The third-order valence-corrected chi connectivity index (χ3v) is 189. The van der Waals surface area contributed by atoms with E-state index in [-0.39, 0.29) is 0 Å². The molecule has 0 amide bonds. The molecular formula is H2S87. The maximum atomic E-state index is 4.10. The fraction of sp³-hybridized carbons (Fsp3) is 0. The van der Waals surface area contributed by atoms with Crippen molar-refractivity contribution in [3.63, 3.8) is 0 Å². The number of hydrogen-bond donors (Lipinski definition) is 2. The molecule has 0 unspecified atom stereocenters. The molecule has 0 fully saturated rings. The second kappa shape index (κ2) is 116. The molecule has 0 aromatic carbocycles. The van der Waals surface area contributed by atoms with Gasteiger partial charge in [0, 0.05) is 678 Å². The summed E-state index contributed by atoms with van der Waals surface area (Å²) in [4.78, 5) is 0. The predicted octanol–water partition coefficient (Wildman–Crippen LogP) is 55.9. The van der Waals surface area contributed by atoms with E-state index < -0.39 is 0 Å². The Labute approximate surface area is 834 Å². The molecule has 87 heteroatoms. The zero-order chi connectivity index (χ0) is 62.1. The molecule has 0 aliphatic rings. The third kappa shape index (κ3) is 116. The number of hydrogen-bond acceptors (Lipinski definition) is 87. The van der Waals surface area contributed by atoms with E-state index in [1.807, 2.05) is 717 Å². The molecule has 0 aliphatic carbocycles. The minimum atomic E-state index is 1.49. The van der Waals surface area contributed by atoms with Crippen LogP contribution in [0.2, 0.25) is 0 Å². The first-order chi connectivity index (χ1) is 43.4. The van der Waals surface area contributed by atoms with Crippen molar-refractivity contribution < 1.29 is 0 Å². The van der Waals surface area contributed by atoms with E-state index in [1.165, 1.54) is 19.7 Å². The van der Waals surface area contributed by atoms with Gasteiger partial charge in [-0.3, -0.25) is 0 Å². The summed E-state index contributed by atoms with van der Waals surface area (Å²) in [6, 6.07) is 0. The molecule has 0 aromatic rings. The Hall–Kier alpha value is 30.5. The lowest BCUT2D eigenvalue weighted by Gasteiger charge is -2.00. The van der Waals surface area contributed by atoms with Crippen LogP contribution in [-0.2, 0) is 0 Å². The standard InChI is InChI=1S/H2S87/c1-3-5-7-9-11-13-15-17-19-21-23-25-27-29-31-33-35-37-39-41-43-45-47-49-51-53-55-57-59-61-63-65-67-69-71-73-75-77-79-81-83-85-87-86-84-82-80-78-76-74-72-70-68-66-64-62-60-58-56-54-52-50-48-46-44-42-40-38-36-34-32-30-28-26-24-22-20-18-16-14-12-10-8-6-4-2/h1-2H. The molecule has 524 valence electrons. The van der Waals surface area contributed by atoms with Crippen LogP contribution in [0.3, 0.4) is 0 Å². The van der Waals surface area contributed by atoms with Gasteiger partial charge in [-0.2, -0.15) is 0 Å². The molecule has 87 heavy (non-hydrogen) atoms. The average molecular weight is 2790 g/mol. The summed E-state index contributed by atoms with van der Waals surface area (Å²) in [6.45, 7) is 0. The summed E-state index contributed by atoms with van der Waals surface area (Å²) < 4.78 is 0. The largest absolute Gasteiger partial charge is 0.0988 e. The van der Waals surface area contributed by atoms with Gasteiger partial charge in [0.2, 0.25) is 0 Å². The van der Waals surface area contributed by atoms with Crippen LogP contribution in [0.25, 0.3) is 0 Å². The second-order valence-corrected chi connectivity index (χ2v) is 157. The zero-order valence-corrected chi connectivity index (χ0v) is 107. The molecule has 0 saturated heterocycles. The van der Waals surface area contributed by atoms with Gasteiger partial charge in [0.05, 0.1) is 0 Å². The van der Waals surface area contributed by atoms with Crippen molar-refractivity contribution in [3.8, 4) is 0 Å². The summed E-state index contributed by atoms with van der Waals surface area (Å²) >= 11 is 8.20. The van der Waals surface area contributed by atoms with Crippen molar-refractivity contribution in [1.82, 2.24) is 0 Å². The topological polar surface area (TPSA) is 0 Å². The molecule has 0 bridgehead atoms. The summed E-state index contributed by atoms with van der Waals surface area (Å²) in [6.07, 6.45) is 0. The first-order valence-electron chi connectivity index (χ1n) is 14.4. The molecule has 0 aromatic heterocycles. The fourth-order valence-electron chi connectivity index (χ4n) is 0.943. The minimum absolute atomic E-state index is 1.49. The highest BCUT2D eigenvalue weighted by Crippen LogP contribution is 2.73. The van der Waals surface area contributed by atoms with Crippen molar-refractivity contribution in [3.05, 3.63) is 0 Å². The van der Waals surface area contributed by atoms with Crippen LogP contribution < -0.4 is 0 Å². The minimum Gasteiger partial charge on any atom is -0.0988 e. The molecule has 0 saturated carbocycles. The van der Waals surface area contributed by atoms with Crippen molar-refractivity contribution in [2.45, 2.75) is 0 Å². The zero-order valence-electron chi connectivity index (χ0n) is 35.6. The quantitative estimate of drug-likeness (QED) is 0.0337. The highest BCUT2D eigenvalue weighted by Gasteiger charge is 2.08. The first-order valence-corrected chi connectivity index (χ1v) is 129. The molecule has 0 spiro atoms. The van der Waals surface area contributed by atoms with E-state index in [2.05, 4.69) is 23.3 Å². The monoisotopic (exact) mass is 2780 g/mol. The highest BCUT2D eigenvalue weighted by molar-refractivity contribution is 9.67. The lowest BCUT2D eigenvalue weighted by Crippen LogP contribution is -1.35. The summed E-state index contributed by atoms with van der Waals surface area (Å²) in [7, 11) is 154. The number of rotatable bonds is 84. The Kier molecular flexibility index (Phi) is 157. The van der Waals surface area contributed by atoms with Gasteiger partial charge in [0.25, 0.3) is 0 Å². The molecule has 0 radical (unpaired) electrons. The van der Waals surface area contributed by atoms with Crippen LogP contribution in [0, 0.1) is 0 Å². The van der Waals surface area contributed by atoms with Gasteiger partial charge in [-0.1, -0.05) is 23.3 Å². The molecule has 0 rings (SSSR count). The van der Waals surface area contributed by atoms with E-state index in [1.54, 1.807) is 98.3 Å². The van der Waals surface area contributed by atoms with Crippen molar-refractivity contribution in [1.29, 1.82) is 0 Å². The molecule has 0 atom stereocenters. The van der Waals surface area contributed by atoms with Crippen LogP contribution in [0.1, 0.15) is 0 Å². The van der Waals surface area contributed by atoms with Gasteiger partial charge in [-0.15, -0.1) is 0 Å². The number of thiol groups is 2. The Morgan fingerprint density at radius 1 is 0.0575 bits per heavy atom. The Balaban J connectivity index is 3.08. The maximum Gasteiger partial charge on any atom is 0 e. The molecule has 0 heterocycles. The molecule has 0 nitrogen and oxygen atoms in total. The average Bonchev–Trinajstić information content (AvgIpc) is 3.53. The van der Waals surface area contributed by atoms with Gasteiger partial charge in [0.1, 0.15) is 0 Å². The van der Waals surface area contributed by atoms with E-state index >= 15 is 0 Å². The second-order valence-electron chi connectivity index (χ2n) is 5.80. The van der Waals surface area contributed by atoms with Gasteiger partial charge >= 0.3 is 0 Å². The van der Waals surface area contributed by atoms with Crippen LogP contribution in [0.15, 0.2) is 0 Å². The molecule has 0 N–H and O–H groups in total. The third-order valence-electron chi connectivity index (χ3n) is 2.34. The smallest absolute Gasteiger partial charge is 0 e. The Morgan fingerprint density at radius 3 is 0.126 bits per heavy atom. The van der Waals surface area contributed by atoms with Crippen molar-refractivity contribution in [2.75, 3.05) is 0 Å². The van der Waals surface area contributed by atoms with Crippen LogP contribution in [0.5, 0.6) is 0 Å². The molecule has 0 aliphatic heterocycles. The molecular weight excluding hydrogens is 2790 g/mol. The van der Waals surface area contributed by atoms with E-state index in [4.69, 9.17) is 0 Å². The van der Waals surface area contributed by atoms with Crippen molar-refractivity contribution >= 4 is 859 Å². The lowest BCUT2D eigenvalue weighted by molar-refractivity contribution is 5.59. The van der Waals surface area contributed by atoms with E-state index in [0.29, 0.717) is 0 Å². The van der Waals surface area contributed by atoms with E-state index in [0.717, 1.165) is 0 Å². The SMILES string of the molecule is SSSSSSSSSSSSSSSSSSSSSSSSSSSSSSSSSSSSSSSSSSSSSSSSSSSSSSSSSSSSSSSSSSSSSSSSSSSSSSSSSSSSSSS. The van der Waals surface area contributed by atoms with Gasteiger partial charge in [-0.05, 0) is 157 Å². The Morgan fingerprint density at radius 2 is 0.0920 bits per heavy atom. The maximum absolute atomic E-state index is 4.10. The normalized spacial score (nSPS) is 11.8. The van der Waals surface area contributed by atoms with Crippen molar-refractivity contribution in [2.24, 2.45) is 0 Å². The summed E-state index contributed by atoms with van der Waals surface area (Å²) in [5, 5.41) is 0. The van der Waals surface area contributed by atoms with Gasteiger partial charge < -0.3 is 0 Å². The predicted molar refractivity (Wildman–Crippen MR) is 663 cm³/mol. The summed E-state index contributed by atoms with van der Waals surface area (Å²) in [5.41, 5.74) is 0. The van der Waals surface area contributed by atoms with Crippen LogP contribution >= 0.6 is 859 Å². The van der Waals surface area contributed by atoms with Gasteiger partial charge in [0.15, 0.2) is 0 Å². The lowest BCUT2D eigenvalue weighted by atomic mass is 30.1. The summed E-state index contributed by atoms with van der Waals surface area (Å²) in [5.74, 6) is 0. The highest BCUT2D eigenvalue weighted by atomic mass is 34.1. The first kappa shape index (κ1) is 117. The Bertz CT molecular complexity index is 1010. The van der Waals surface area contributed by atoms with Gasteiger partial charge in [-0.25, -0.2) is 0 Å². The van der Waals surface area contributed by atoms with Crippen LogP contribution in [-0.4, -0.2) is 0 Å². The fourth-order valence-corrected chi connectivity index (χ4v) is 229. The van der Waals surface area contributed by atoms with E-state index in [9.17, 15) is 0 Å². The van der Waals surface area contributed by atoms with Crippen LogP contribution in [0.4, 0.5) is 0 Å².